The van der Waals surface area contributed by atoms with Crippen molar-refractivity contribution in [3.8, 4) is 0 Å². The zero-order valence-corrected chi connectivity index (χ0v) is 11.9. The number of fused-ring (bicyclic) bond motifs is 2. The van der Waals surface area contributed by atoms with Crippen LogP contribution in [0.3, 0.4) is 0 Å². The molecule has 0 amide bonds. The summed E-state index contributed by atoms with van der Waals surface area (Å²) >= 11 is 0. The van der Waals surface area contributed by atoms with Gasteiger partial charge in [0.15, 0.2) is 0 Å². The summed E-state index contributed by atoms with van der Waals surface area (Å²) in [5, 5.41) is 0. The number of hydrogen-bond acceptors (Lipinski definition) is 4. The van der Waals surface area contributed by atoms with Gasteiger partial charge in [0.25, 0.3) is 0 Å². The third kappa shape index (κ3) is 2.58. The van der Waals surface area contributed by atoms with Gasteiger partial charge in [0.05, 0.1) is 25.2 Å². The average molecular weight is 276 g/mol. The standard InChI is InChI=1S/C16H20O4/c1-16(2)12(18-10-11-6-4-3-5-7-11)9-15-19-13(16)8-14(17)20-15/h3-7,12-13,15H,8-10H2,1-2H3/t12-,13-,15+/m1/s1. The normalized spacial score (nSPS) is 31.7. The Balaban J connectivity index is 1.68. The van der Waals surface area contributed by atoms with Gasteiger partial charge in [0, 0.05) is 11.8 Å². The first kappa shape index (κ1) is 13.6. The minimum absolute atomic E-state index is 0.0274. The predicted octanol–water partition coefficient (Wildman–Crippen LogP) is 2.66. The van der Waals surface area contributed by atoms with Crippen LogP contribution in [0.15, 0.2) is 30.3 Å². The van der Waals surface area contributed by atoms with Crippen molar-refractivity contribution < 1.29 is 19.0 Å². The molecule has 1 aromatic carbocycles. The van der Waals surface area contributed by atoms with E-state index >= 15 is 0 Å². The fourth-order valence-electron chi connectivity index (χ4n) is 2.89. The number of rotatable bonds is 3. The monoisotopic (exact) mass is 276 g/mol. The Morgan fingerprint density at radius 3 is 2.80 bits per heavy atom. The molecule has 2 heterocycles. The molecule has 2 aliphatic heterocycles. The number of hydrogen-bond donors (Lipinski definition) is 0. The molecule has 108 valence electrons. The fourth-order valence-corrected chi connectivity index (χ4v) is 2.89. The van der Waals surface area contributed by atoms with Gasteiger partial charge in [-0.1, -0.05) is 44.2 Å². The summed E-state index contributed by atoms with van der Waals surface area (Å²) in [6.45, 7) is 4.77. The van der Waals surface area contributed by atoms with E-state index < -0.39 is 6.29 Å². The second-order valence-electron chi connectivity index (χ2n) is 6.09. The maximum absolute atomic E-state index is 11.5. The Kier molecular flexibility index (Phi) is 3.52. The Morgan fingerprint density at radius 1 is 1.30 bits per heavy atom. The molecule has 3 atom stereocenters. The lowest BCUT2D eigenvalue weighted by Gasteiger charge is -2.49. The first-order valence-corrected chi connectivity index (χ1v) is 7.06. The zero-order valence-electron chi connectivity index (χ0n) is 11.9. The van der Waals surface area contributed by atoms with E-state index in [0.29, 0.717) is 19.4 Å². The Morgan fingerprint density at radius 2 is 2.05 bits per heavy atom. The van der Waals surface area contributed by atoms with Crippen molar-refractivity contribution in [3.05, 3.63) is 35.9 Å². The number of carbonyl (C=O) groups excluding carboxylic acids is 1. The molecule has 2 saturated heterocycles. The molecule has 4 nitrogen and oxygen atoms in total. The van der Waals surface area contributed by atoms with E-state index in [-0.39, 0.29) is 23.6 Å². The largest absolute Gasteiger partial charge is 0.436 e. The molecule has 2 bridgehead atoms. The van der Waals surface area contributed by atoms with Crippen LogP contribution in [0.2, 0.25) is 0 Å². The van der Waals surface area contributed by atoms with Crippen LogP contribution in [0.25, 0.3) is 0 Å². The van der Waals surface area contributed by atoms with Crippen LogP contribution in [0, 0.1) is 5.41 Å². The second-order valence-corrected chi connectivity index (χ2v) is 6.09. The lowest BCUT2D eigenvalue weighted by atomic mass is 9.75. The van der Waals surface area contributed by atoms with Crippen molar-refractivity contribution in [2.75, 3.05) is 0 Å². The first-order valence-electron chi connectivity index (χ1n) is 7.06. The number of ether oxygens (including phenoxy) is 3. The van der Waals surface area contributed by atoms with Crippen molar-refractivity contribution in [1.82, 2.24) is 0 Å². The average Bonchev–Trinajstić information content (AvgIpc) is 2.42. The van der Waals surface area contributed by atoms with Gasteiger partial charge in [-0.05, 0) is 5.56 Å². The van der Waals surface area contributed by atoms with Crippen LogP contribution in [0.5, 0.6) is 0 Å². The second kappa shape index (κ2) is 5.19. The maximum atomic E-state index is 11.5. The van der Waals surface area contributed by atoms with E-state index in [1.807, 2.05) is 30.3 Å². The van der Waals surface area contributed by atoms with E-state index in [0.717, 1.165) is 5.56 Å². The van der Waals surface area contributed by atoms with Gasteiger partial charge in [-0.3, -0.25) is 4.79 Å². The molecule has 0 saturated carbocycles. The quantitative estimate of drug-likeness (QED) is 0.796. The van der Waals surface area contributed by atoms with Crippen molar-refractivity contribution in [2.45, 2.75) is 51.8 Å². The Labute approximate surface area is 119 Å². The van der Waals surface area contributed by atoms with Crippen molar-refractivity contribution in [2.24, 2.45) is 5.41 Å². The summed E-state index contributed by atoms with van der Waals surface area (Å²) in [5.41, 5.74) is 0.960. The fraction of sp³-hybridized carbons (Fsp3) is 0.562. The first-order chi connectivity index (χ1) is 9.55. The smallest absolute Gasteiger partial charge is 0.310 e. The predicted molar refractivity (Wildman–Crippen MR) is 72.8 cm³/mol. The number of carbonyl (C=O) groups is 1. The number of benzene rings is 1. The van der Waals surface area contributed by atoms with Gasteiger partial charge in [-0.2, -0.15) is 0 Å². The van der Waals surface area contributed by atoms with Crippen LogP contribution in [-0.4, -0.2) is 24.5 Å². The van der Waals surface area contributed by atoms with Gasteiger partial charge >= 0.3 is 5.97 Å². The molecule has 0 aliphatic carbocycles. The lowest BCUT2D eigenvalue weighted by Crippen LogP contribution is -2.56. The molecule has 0 radical (unpaired) electrons. The van der Waals surface area contributed by atoms with Crippen molar-refractivity contribution in [1.29, 1.82) is 0 Å². The molecule has 0 aromatic heterocycles. The van der Waals surface area contributed by atoms with E-state index in [4.69, 9.17) is 14.2 Å². The molecule has 3 rings (SSSR count). The summed E-state index contributed by atoms with van der Waals surface area (Å²) in [7, 11) is 0. The van der Waals surface area contributed by atoms with Crippen molar-refractivity contribution >= 4 is 5.97 Å². The van der Waals surface area contributed by atoms with Gasteiger partial charge in [-0.15, -0.1) is 0 Å². The molecule has 2 fully saturated rings. The highest BCUT2D eigenvalue weighted by atomic mass is 16.7. The molecule has 0 spiro atoms. The van der Waals surface area contributed by atoms with Gasteiger partial charge < -0.3 is 14.2 Å². The molecule has 0 N–H and O–H groups in total. The molecule has 2 aliphatic rings. The summed E-state index contributed by atoms with van der Waals surface area (Å²) < 4.78 is 17.0. The van der Waals surface area contributed by atoms with E-state index in [2.05, 4.69) is 13.8 Å². The zero-order chi connectivity index (χ0) is 14.2. The maximum Gasteiger partial charge on any atom is 0.310 e. The highest BCUT2D eigenvalue weighted by Gasteiger charge is 2.50. The summed E-state index contributed by atoms with van der Waals surface area (Å²) in [6.07, 6.45) is 0.370. The minimum Gasteiger partial charge on any atom is -0.436 e. The SMILES string of the molecule is CC1(C)[C@H](OCc2ccccc2)C[C@@H]2OC(=O)C[C@H]1O2. The van der Waals surface area contributed by atoms with E-state index in [9.17, 15) is 4.79 Å². The number of esters is 1. The molecular weight excluding hydrogens is 256 g/mol. The Bertz CT molecular complexity index is 483. The molecule has 0 unspecified atom stereocenters. The van der Waals surface area contributed by atoms with Crippen LogP contribution >= 0.6 is 0 Å². The minimum atomic E-state index is -0.449. The van der Waals surface area contributed by atoms with Crippen LogP contribution in [0.4, 0.5) is 0 Å². The third-order valence-corrected chi connectivity index (χ3v) is 4.29. The Hall–Kier alpha value is -1.39. The van der Waals surface area contributed by atoms with E-state index in [1.54, 1.807) is 0 Å². The molecule has 4 heteroatoms. The van der Waals surface area contributed by atoms with Gasteiger partial charge in [-0.25, -0.2) is 0 Å². The van der Waals surface area contributed by atoms with Crippen LogP contribution in [-0.2, 0) is 25.6 Å². The van der Waals surface area contributed by atoms with Crippen molar-refractivity contribution in [3.63, 3.8) is 0 Å². The molecule has 1 aromatic rings. The molecular formula is C16H20O4. The highest BCUT2D eigenvalue weighted by molar-refractivity contribution is 5.71. The summed E-state index contributed by atoms with van der Waals surface area (Å²) in [5.74, 6) is -0.166. The third-order valence-electron chi connectivity index (χ3n) is 4.29. The highest BCUT2D eigenvalue weighted by Crippen LogP contribution is 2.42. The van der Waals surface area contributed by atoms with Crippen LogP contribution in [0.1, 0.15) is 32.3 Å². The lowest BCUT2D eigenvalue weighted by molar-refractivity contribution is -0.283. The van der Waals surface area contributed by atoms with Gasteiger partial charge in [0.2, 0.25) is 6.29 Å². The topological polar surface area (TPSA) is 44.8 Å². The van der Waals surface area contributed by atoms with Gasteiger partial charge in [0.1, 0.15) is 0 Å². The summed E-state index contributed by atoms with van der Waals surface area (Å²) in [6, 6.07) is 10.1. The molecule has 20 heavy (non-hydrogen) atoms. The summed E-state index contributed by atoms with van der Waals surface area (Å²) in [4.78, 5) is 11.5. The van der Waals surface area contributed by atoms with E-state index in [1.165, 1.54) is 0 Å². The van der Waals surface area contributed by atoms with Crippen LogP contribution < -0.4 is 0 Å².